The van der Waals surface area contributed by atoms with Gasteiger partial charge in [-0.25, -0.2) is 0 Å². The number of hydrogen-bond acceptors (Lipinski definition) is 3. The van der Waals surface area contributed by atoms with Crippen molar-refractivity contribution in [2.75, 3.05) is 7.11 Å². The number of aromatic nitrogens is 2. The average Bonchev–Trinajstić information content (AvgIpc) is 2.77. The van der Waals surface area contributed by atoms with E-state index in [1.807, 2.05) is 31.2 Å². The quantitative estimate of drug-likeness (QED) is 0.821. The number of para-hydroxylation sites is 1. The minimum atomic E-state index is 0.671. The van der Waals surface area contributed by atoms with E-state index in [2.05, 4.69) is 10.2 Å². The fourth-order valence-electron chi connectivity index (χ4n) is 2.00. The molecule has 2 aromatic rings. The maximum atomic E-state index is 11.0. The van der Waals surface area contributed by atoms with E-state index in [-0.39, 0.29) is 0 Å². The molecule has 0 aliphatic rings. The Morgan fingerprint density at radius 3 is 2.83 bits per heavy atom. The molecular weight excluding hydrogens is 228 g/mol. The summed E-state index contributed by atoms with van der Waals surface area (Å²) in [6.07, 6.45) is 2.38. The molecule has 1 aromatic heterocycles. The third-order valence-corrected chi connectivity index (χ3v) is 3.01. The van der Waals surface area contributed by atoms with Crippen LogP contribution in [0.1, 0.15) is 27.3 Å². The van der Waals surface area contributed by atoms with Gasteiger partial charge in [0.2, 0.25) is 0 Å². The smallest absolute Gasteiger partial charge is 0.153 e. The minimum Gasteiger partial charge on any atom is -0.496 e. The molecule has 0 saturated carbocycles. The van der Waals surface area contributed by atoms with E-state index in [0.717, 1.165) is 41.8 Å². The molecule has 94 valence electrons. The van der Waals surface area contributed by atoms with Crippen LogP contribution in [0.5, 0.6) is 5.75 Å². The van der Waals surface area contributed by atoms with Crippen LogP contribution in [0.15, 0.2) is 24.3 Å². The number of hydrogen-bond donors (Lipinski definition) is 1. The van der Waals surface area contributed by atoms with Crippen LogP contribution in [0.25, 0.3) is 0 Å². The van der Waals surface area contributed by atoms with Crippen LogP contribution >= 0.6 is 0 Å². The van der Waals surface area contributed by atoms with Gasteiger partial charge in [-0.05, 0) is 31.4 Å². The highest BCUT2D eigenvalue weighted by Gasteiger charge is 2.10. The summed E-state index contributed by atoms with van der Waals surface area (Å²) in [7, 11) is 1.66. The van der Waals surface area contributed by atoms with Crippen molar-refractivity contribution in [1.29, 1.82) is 0 Å². The molecular formula is C14H16N2O2. The van der Waals surface area contributed by atoms with Crippen LogP contribution < -0.4 is 4.74 Å². The summed E-state index contributed by atoms with van der Waals surface area (Å²) in [5.41, 5.74) is 3.43. The zero-order valence-corrected chi connectivity index (χ0v) is 10.6. The summed E-state index contributed by atoms with van der Waals surface area (Å²) < 4.78 is 5.30. The average molecular weight is 244 g/mol. The number of H-pyrrole nitrogens is 1. The van der Waals surface area contributed by atoms with Crippen molar-refractivity contribution in [1.82, 2.24) is 10.2 Å². The zero-order valence-electron chi connectivity index (χ0n) is 10.6. The van der Waals surface area contributed by atoms with E-state index in [9.17, 15) is 4.79 Å². The van der Waals surface area contributed by atoms with Crippen LogP contribution in [0.3, 0.4) is 0 Å². The monoisotopic (exact) mass is 244 g/mol. The number of methoxy groups -OCH3 is 1. The summed E-state index contributed by atoms with van der Waals surface area (Å²) in [6, 6.07) is 7.89. The van der Waals surface area contributed by atoms with Gasteiger partial charge in [-0.1, -0.05) is 18.2 Å². The van der Waals surface area contributed by atoms with Crippen molar-refractivity contribution >= 4 is 6.29 Å². The Hall–Kier alpha value is -2.10. The first kappa shape index (κ1) is 12.4. The SMILES string of the molecule is COc1ccccc1CCc1n[nH]c(C)c1C=O. The molecule has 0 radical (unpaired) electrons. The molecule has 2 rings (SSSR count). The van der Waals surface area contributed by atoms with E-state index in [4.69, 9.17) is 4.74 Å². The number of aldehydes is 1. The number of rotatable bonds is 5. The van der Waals surface area contributed by atoms with Gasteiger partial charge < -0.3 is 4.74 Å². The predicted octanol–water partition coefficient (Wildman–Crippen LogP) is 2.32. The van der Waals surface area contributed by atoms with Crippen LogP contribution in [-0.4, -0.2) is 23.6 Å². The highest BCUT2D eigenvalue weighted by atomic mass is 16.5. The van der Waals surface area contributed by atoms with E-state index < -0.39 is 0 Å². The molecule has 18 heavy (non-hydrogen) atoms. The highest BCUT2D eigenvalue weighted by molar-refractivity contribution is 5.78. The van der Waals surface area contributed by atoms with E-state index >= 15 is 0 Å². The van der Waals surface area contributed by atoms with Gasteiger partial charge in [-0.3, -0.25) is 9.89 Å². The van der Waals surface area contributed by atoms with Crippen molar-refractivity contribution in [3.63, 3.8) is 0 Å². The molecule has 1 N–H and O–H groups in total. The first-order valence-corrected chi connectivity index (χ1v) is 5.87. The Balaban J connectivity index is 2.14. The maximum absolute atomic E-state index is 11.0. The van der Waals surface area contributed by atoms with Gasteiger partial charge in [0, 0.05) is 5.69 Å². The van der Waals surface area contributed by atoms with Crippen LogP contribution in [-0.2, 0) is 12.8 Å². The van der Waals surface area contributed by atoms with Gasteiger partial charge in [0.1, 0.15) is 5.75 Å². The van der Waals surface area contributed by atoms with Gasteiger partial charge in [0.25, 0.3) is 0 Å². The molecule has 0 aliphatic carbocycles. The largest absolute Gasteiger partial charge is 0.496 e. The van der Waals surface area contributed by atoms with E-state index in [1.54, 1.807) is 7.11 Å². The number of aryl methyl sites for hydroxylation is 3. The summed E-state index contributed by atoms with van der Waals surface area (Å²) in [5, 5.41) is 7.00. The number of ether oxygens (including phenoxy) is 1. The van der Waals surface area contributed by atoms with Gasteiger partial charge in [0.15, 0.2) is 6.29 Å². The number of aromatic amines is 1. The number of nitrogens with one attached hydrogen (secondary N) is 1. The Morgan fingerprint density at radius 2 is 2.11 bits per heavy atom. The Labute approximate surface area is 106 Å². The molecule has 0 bridgehead atoms. The second-order valence-electron chi connectivity index (χ2n) is 4.14. The fraction of sp³-hybridized carbons (Fsp3) is 0.286. The number of benzene rings is 1. The van der Waals surface area contributed by atoms with Gasteiger partial charge in [0.05, 0.1) is 18.4 Å². The lowest BCUT2D eigenvalue weighted by molar-refractivity contribution is 0.112. The summed E-state index contributed by atoms with van der Waals surface area (Å²) in [5.74, 6) is 0.873. The highest BCUT2D eigenvalue weighted by Crippen LogP contribution is 2.20. The zero-order chi connectivity index (χ0) is 13.0. The number of carbonyl (C=O) groups is 1. The lowest BCUT2D eigenvalue weighted by Crippen LogP contribution is -1.98. The Morgan fingerprint density at radius 1 is 1.33 bits per heavy atom. The second-order valence-corrected chi connectivity index (χ2v) is 4.14. The molecule has 1 aromatic carbocycles. The van der Waals surface area contributed by atoms with Crippen molar-refractivity contribution in [3.8, 4) is 5.75 Å². The molecule has 1 heterocycles. The molecule has 0 fully saturated rings. The predicted molar refractivity (Wildman–Crippen MR) is 69.1 cm³/mol. The first-order valence-electron chi connectivity index (χ1n) is 5.87. The first-order chi connectivity index (χ1) is 8.76. The second kappa shape index (κ2) is 5.49. The normalized spacial score (nSPS) is 10.3. The Bertz CT molecular complexity index is 546. The molecule has 0 atom stereocenters. The van der Waals surface area contributed by atoms with Crippen molar-refractivity contribution in [2.45, 2.75) is 19.8 Å². The van der Waals surface area contributed by atoms with Crippen LogP contribution in [0.4, 0.5) is 0 Å². The third kappa shape index (κ3) is 2.42. The number of nitrogens with zero attached hydrogens (tertiary/aromatic N) is 1. The van der Waals surface area contributed by atoms with E-state index in [1.165, 1.54) is 0 Å². The van der Waals surface area contributed by atoms with Gasteiger partial charge in [-0.2, -0.15) is 5.10 Å². The lowest BCUT2D eigenvalue weighted by atomic mass is 10.0. The molecule has 0 aliphatic heterocycles. The minimum absolute atomic E-state index is 0.671. The van der Waals surface area contributed by atoms with Crippen LogP contribution in [0.2, 0.25) is 0 Å². The molecule has 0 unspecified atom stereocenters. The van der Waals surface area contributed by atoms with Crippen molar-refractivity contribution in [3.05, 3.63) is 46.8 Å². The standard InChI is InChI=1S/C14H16N2O2/c1-10-12(9-17)13(16-15-10)8-7-11-5-3-4-6-14(11)18-2/h3-6,9H,7-8H2,1-2H3,(H,15,16). The maximum Gasteiger partial charge on any atom is 0.153 e. The summed E-state index contributed by atoms with van der Waals surface area (Å²) in [6.45, 7) is 1.85. The van der Waals surface area contributed by atoms with Gasteiger partial charge >= 0.3 is 0 Å². The number of carbonyl (C=O) groups excluding carboxylic acids is 1. The third-order valence-electron chi connectivity index (χ3n) is 3.01. The lowest BCUT2D eigenvalue weighted by Gasteiger charge is -2.07. The molecule has 0 amide bonds. The molecule has 0 saturated heterocycles. The Kier molecular flexibility index (Phi) is 3.77. The summed E-state index contributed by atoms with van der Waals surface area (Å²) >= 11 is 0. The van der Waals surface area contributed by atoms with E-state index in [0.29, 0.717) is 5.56 Å². The molecule has 0 spiro atoms. The summed E-state index contributed by atoms with van der Waals surface area (Å²) in [4.78, 5) is 11.0. The molecule has 4 nitrogen and oxygen atoms in total. The molecule has 4 heteroatoms. The van der Waals surface area contributed by atoms with Crippen molar-refractivity contribution < 1.29 is 9.53 Å². The van der Waals surface area contributed by atoms with Crippen molar-refractivity contribution in [2.24, 2.45) is 0 Å². The fourth-order valence-corrected chi connectivity index (χ4v) is 2.00. The van der Waals surface area contributed by atoms with Gasteiger partial charge in [-0.15, -0.1) is 0 Å². The topological polar surface area (TPSA) is 55.0 Å². The van der Waals surface area contributed by atoms with Crippen LogP contribution in [0, 0.1) is 6.92 Å².